The van der Waals surface area contributed by atoms with E-state index in [1.165, 1.54) is 0 Å². The van der Waals surface area contributed by atoms with Crippen molar-refractivity contribution in [3.63, 3.8) is 0 Å². The summed E-state index contributed by atoms with van der Waals surface area (Å²) in [7, 11) is 1.66. The summed E-state index contributed by atoms with van der Waals surface area (Å²) in [5, 5.41) is 0. The Balaban J connectivity index is 1.98. The van der Waals surface area contributed by atoms with Crippen molar-refractivity contribution in [3.05, 3.63) is 52.5 Å². The van der Waals surface area contributed by atoms with E-state index in [2.05, 4.69) is 22.9 Å². The third kappa shape index (κ3) is 4.67. The third-order valence-corrected chi connectivity index (χ3v) is 3.43. The number of hydrogen-bond donors (Lipinski definition) is 0. The predicted molar refractivity (Wildman–Crippen MR) is 87.3 cm³/mol. The standard InChI is InChI=1S/C17H19BrO3/c1-3-10-20-15-5-7-16(8-6-15)21-12-13-11-14(18)4-9-17(13)19-2/h4-9,11H,3,10,12H2,1-2H3. The van der Waals surface area contributed by atoms with Gasteiger partial charge in [-0.15, -0.1) is 0 Å². The van der Waals surface area contributed by atoms with Crippen molar-refractivity contribution in [3.8, 4) is 17.2 Å². The van der Waals surface area contributed by atoms with Gasteiger partial charge in [-0.1, -0.05) is 22.9 Å². The van der Waals surface area contributed by atoms with Crippen LogP contribution in [0.15, 0.2) is 46.9 Å². The molecule has 0 atom stereocenters. The quantitative estimate of drug-likeness (QED) is 0.715. The minimum absolute atomic E-state index is 0.456. The first-order chi connectivity index (χ1) is 10.2. The van der Waals surface area contributed by atoms with Gasteiger partial charge >= 0.3 is 0 Å². The Labute approximate surface area is 134 Å². The maximum atomic E-state index is 5.79. The van der Waals surface area contributed by atoms with E-state index in [1.54, 1.807) is 7.11 Å². The van der Waals surface area contributed by atoms with Crippen LogP contribution in [-0.4, -0.2) is 13.7 Å². The van der Waals surface area contributed by atoms with E-state index in [9.17, 15) is 0 Å². The molecule has 0 aliphatic rings. The van der Waals surface area contributed by atoms with E-state index >= 15 is 0 Å². The van der Waals surface area contributed by atoms with Crippen molar-refractivity contribution >= 4 is 15.9 Å². The van der Waals surface area contributed by atoms with Gasteiger partial charge in [0.25, 0.3) is 0 Å². The lowest BCUT2D eigenvalue weighted by atomic mass is 10.2. The van der Waals surface area contributed by atoms with E-state index in [1.807, 2.05) is 42.5 Å². The first-order valence-electron chi connectivity index (χ1n) is 6.91. The van der Waals surface area contributed by atoms with Crippen LogP contribution >= 0.6 is 15.9 Å². The molecule has 21 heavy (non-hydrogen) atoms. The minimum Gasteiger partial charge on any atom is -0.496 e. The van der Waals surface area contributed by atoms with Crippen molar-refractivity contribution in [2.45, 2.75) is 20.0 Å². The molecule has 0 N–H and O–H groups in total. The Kier molecular flexibility index (Phi) is 5.93. The molecular weight excluding hydrogens is 332 g/mol. The molecule has 3 nitrogen and oxygen atoms in total. The highest BCUT2D eigenvalue weighted by Crippen LogP contribution is 2.25. The molecule has 0 aromatic heterocycles. The Morgan fingerprint density at radius 1 is 0.952 bits per heavy atom. The molecule has 2 rings (SSSR count). The Morgan fingerprint density at radius 3 is 2.24 bits per heavy atom. The zero-order valence-corrected chi connectivity index (χ0v) is 13.9. The fourth-order valence-corrected chi connectivity index (χ4v) is 2.28. The summed E-state index contributed by atoms with van der Waals surface area (Å²) >= 11 is 3.46. The van der Waals surface area contributed by atoms with Crippen LogP contribution in [0.2, 0.25) is 0 Å². The number of benzene rings is 2. The maximum Gasteiger partial charge on any atom is 0.125 e. The molecule has 0 radical (unpaired) electrons. The first-order valence-corrected chi connectivity index (χ1v) is 7.70. The molecule has 4 heteroatoms. The van der Waals surface area contributed by atoms with Crippen LogP contribution in [0.3, 0.4) is 0 Å². The van der Waals surface area contributed by atoms with E-state index in [0.717, 1.165) is 40.3 Å². The highest BCUT2D eigenvalue weighted by Gasteiger charge is 2.05. The number of hydrogen-bond acceptors (Lipinski definition) is 3. The summed E-state index contributed by atoms with van der Waals surface area (Å²) < 4.78 is 17.7. The molecule has 0 unspecified atom stereocenters. The van der Waals surface area contributed by atoms with Crippen LogP contribution < -0.4 is 14.2 Å². The van der Waals surface area contributed by atoms with Gasteiger partial charge in [0.15, 0.2) is 0 Å². The molecule has 0 spiro atoms. The van der Waals surface area contributed by atoms with Gasteiger partial charge in [-0.2, -0.15) is 0 Å². The van der Waals surface area contributed by atoms with Crippen LogP contribution in [0.4, 0.5) is 0 Å². The zero-order chi connectivity index (χ0) is 15.1. The molecular formula is C17H19BrO3. The minimum atomic E-state index is 0.456. The van der Waals surface area contributed by atoms with E-state index in [4.69, 9.17) is 14.2 Å². The first kappa shape index (κ1) is 15.7. The summed E-state index contributed by atoms with van der Waals surface area (Å²) in [5.41, 5.74) is 0.998. The molecule has 0 bridgehead atoms. The van der Waals surface area contributed by atoms with Crippen molar-refractivity contribution in [1.29, 1.82) is 0 Å². The lowest BCUT2D eigenvalue weighted by Crippen LogP contribution is -1.99. The van der Waals surface area contributed by atoms with Crippen molar-refractivity contribution in [2.75, 3.05) is 13.7 Å². The summed E-state index contributed by atoms with van der Waals surface area (Å²) in [6.45, 7) is 3.27. The van der Waals surface area contributed by atoms with Crippen molar-refractivity contribution in [1.82, 2.24) is 0 Å². The van der Waals surface area contributed by atoms with Gasteiger partial charge in [-0.25, -0.2) is 0 Å². The Morgan fingerprint density at radius 2 is 1.62 bits per heavy atom. The maximum absolute atomic E-state index is 5.79. The predicted octanol–water partition coefficient (Wildman–Crippen LogP) is 4.83. The molecule has 0 saturated carbocycles. The van der Waals surface area contributed by atoms with E-state index in [0.29, 0.717) is 6.61 Å². The van der Waals surface area contributed by atoms with Gasteiger partial charge in [0.1, 0.15) is 23.9 Å². The van der Waals surface area contributed by atoms with Gasteiger partial charge in [-0.05, 0) is 48.9 Å². The normalized spacial score (nSPS) is 10.2. The highest BCUT2D eigenvalue weighted by molar-refractivity contribution is 9.10. The summed E-state index contributed by atoms with van der Waals surface area (Å²) in [4.78, 5) is 0. The number of methoxy groups -OCH3 is 1. The fraction of sp³-hybridized carbons (Fsp3) is 0.294. The fourth-order valence-electron chi connectivity index (χ4n) is 1.87. The number of halogens is 1. The second-order valence-corrected chi connectivity index (χ2v) is 5.48. The van der Waals surface area contributed by atoms with E-state index in [-0.39, 0.29) is 0 Å². The lowest BCUT2D eigenvalue weighted by Gasteiger charge is -2.11. The third-order valence-electron chi connectivity index (χ3n) is 2.93. The van der Waals surface area contributed by atoms with Crippen LogP contribution in [-0.2, 0) is 6.61 Å². The van der Waals surface area contributed by atoms with Gasteiger partial charge < -0.3 is 14.2 Å². The Bertz CT molecular complexity index is 567. The number of rotatable bonds is 7. The Hall–Kier alpha value is -1.68. The van der Waals surface area contributed by atoms with Crippen molar-refractivity contribution < 1.29 is 14.2 Å². The van der Waals surface area contributed by atoms with Crippen LogP contribution in [0.1, 0.15) is 18.9 Å². The summed E-state index contributed by atoms with van der Waals surface area (Å²) in [6, 6.07) is 13.5. The zero-order valence-electron chi connectivity index (χ0n) is 12.3. The van der Waals surface area contributed by atoms with Crippen LogP contribution in [0.25, 0.3) is 0 Å². The number of ether oxygens (including phenoxy) is 3. The SMILES string of the molecule is CCCOc1ccc(OCc2cc(Br)ccc2OC)cc1. The van der Waals surface area contributed by atoms with Crippen LogP contribution in [0, 0.1) is 0 Å². The molecule has 2 aromatic rings. The molecule has 0 heterocycles. The average molecular weight is 351 g/mol. The largest absolute Gasteiger partial charge is 0.496 e. The van der Waals surface area contributed by atoms with Gasteiger partial charge in [0.2, 0.25) is 0 Å². The van der Waals surface area contributed by atoms with Gasteiger partial charge in [0, 0.05) is 10.0 Å². The smallest absolute Gasteiger partial charge is 0.125 e. The summed E-state index contributed by atoms with van der Waals surface area (Å²) in [5.74, 6) is 2.49. The molecule has 2 aromatic carbocycles. The van der Waals surface area contributed by atoms with E-state index < -0.39 is 0 Å². The molecule has 0 aliphatic carbocycles. The topological polar surface area (TPSA) is 27.7 Å². The molecule has 0 amide bonds. The second-order valence-electron chi connectivity index (χ2n) is 4.56. The molecule has 0 aliphatic heterocycles. The molecule has 0 saturated heterocycles. The van der Waals surface area contributed by atoms with Gasteiger partial charge in [0.05, 0.1) is 13.7 Å². The molecule has 0 fully saturated rings. The second kappa shape index (κ2) is 7.93. The van der Waals surface area contributed by atoms with Gasteiger partial charge in [-0.3, -0.25) is 0 Å². The average Bonchev–Trinajstić information content (AvgIpc) is 2.52. The van der Waals surface area contributed by atoms with Crippen LogP contribution in [0.5, 0.6) is 17.2 Å². The summed E-state index contributed by atoms with van der Waals surface area (Å²) in [6.07, 6.45) is 1.00. The van der Waals surface area contributed by atoms with Crippen molar-refractivity contribution in [2.24, 2.45) is 0 Å². The lowest BCUT2D eigenvalue weighted by molar-refractivity contribution is 0.293. The highest BCUT2D eigenvalue weighted by atomic mass is 79.9. The molecule has 112 valence electrons. The monoisotopic (exact) mass is 350 g/mol.